The van der Waals surface area contributed by atoms with Crippen LogP contribution >= 0.6 is 11.6 Å². The highest BCUT2D eigenvalue weighted by Crippen LogP contribution is 2.31. The summed E-state index contributed by atoms with van der Waals surface area (Å²) in [4.78, 5) is 11.3. The topological polar surface area (TPSA) is 58.6 Å². The number of ether oxygens (including phenoxy) is 1. The summed E-state index contributed by atoms with van der Waals surface area (Å²) in [6, 6.07) is 12.7. The van der Waals surface area contributed by atoms with Crippen molar-refractivity contribution in [3.05, 3.63) is 58.6 Å². The number of benzene rings is 2. The molecule has 0 bridgehead atoms. The lowest BCUT2D eigenvalue weighted by Crippen LogP contribution is -2.25. The van der Waals surface area contributed by atoms with E-state index in [1.54, 1.807) is 30.3 Å². The SMILES string of the molecule is O=C1COc2ccc(C(O)Cc3ccc(Cl)cc3)cc2N1. The van der Waals surface area contributed by atoms with Gasteiger partial charge in [0.25, 0.3) is 5.91 Å². The summed E-state index contributed by atoms with van der Waals surface area (Å²) < 4.78 is 5.29. The zero-order chi connectivity index (χ0) is 14.8. The van der Waals surface area contributed by atoms with Crippen molar-refractivity contribution in [2.75, 3.05) is 11.9 Å². The van der Waals surface area contributed by atoms with Crippen LogP contribution in [0, 0.1) is 0 Å². The molecule has 2 aromatic carbocycles. The first-order chi connectivity index (χ1) is 10.1. The third-order valence-corrected chi connectivity index (χ3v) is 3.62. The molecule has 1 aliphatic rings. The van der Waals surface area contributed by atoms with Crippen LogP contribution in [0.15, 0.2) is 42.5 Å². The average molecular weight is 304 g/mol. The number of carbonyl (C=O) groups excluding carboxylic acids is 1. The Bertz CT molecular complexity index is 670. The third kappa shape index (κ3) is 3.17. The average Bonchev–Trinajstić information content (AvgIpc) is 2.48. The molecule has 0 aromatic heterocycles. The molecule has 0 aliphatic carbocycles. The largest absolute Gasteiger partial charge is 0.482 e. The van der Waals surface area contributed by atoms with E-state index in [1.807, 2.05) is 12.1 Å². The number of amides is 1. The predicted molar refractivity (Wildman–Crippen MR) is 80.7 cm³/mol. The van der Waals surface area contributed by atoms with Gasteiger partial charge >= 0.3 is 0 Å². The number of aliphatic hydroxyl groups excluding tert-OH is 1. The highest BCUT2D eigenvalue weighted by molar-refractivity contribution is 6.30. The summed E-state index contributed by atoms with van der Waals surface area (Å²) in [6.07, 6.45) is -0.180. The predicted octanol–water partition coefficient (Wildman–Crippen LogP) is 2.95. The Labute approximate surface area is 127 Å². The quantitative estimate of drug-likeness (QED) is 0.916. The maximum Gasteiger partial charge on any atom is 0.262 e. The molecule has 0 saturated carbocycles. The molecule has 5 heteroatoms. The van der Waals surface area contributed by atoms with E-state index in [4.69, 9.17) is 16.3 Å². The summed E-state index contributed by atoms with van der Waals surface area (Å²) >= 11 is 5.84. The molecule has 1 aliphatic heterocycles. The minimum atomic E-state index is -0.657. The van der Waals surface area contributed by atoms with Crippen molar-refractivity contribution in [2.24, 2.45) is 0 Å². The maximum absolute atomic E-state index is 11.3. The summed E-state index contributed by atoms with van der Waals surface area (Å²) in [5.74, 6) is 0.434. The van der Waals surface area contributed by atoms with E-state index in [-0.39, 0.29) is 12.5 Å². The normalized spacial score (nSPS) is 14.9. The highest BCUT2D eigenvalue weighted by Gasteiger charge is 2.18. The van der Waals surface area contributed by atoms with Gasteiger partial charge in [0.05, 0.1) is 11.8 Å². The van der Waals surface area contributed by atoms with Crippen molar-refractivity contribution in [3.8, 4) is 5.75 Å². The standard InChI is InChI=1S/C16H14ClNO3/c17-12-4-1-10(2-5-12)7-14(19)11-3-6-15-13(8-11)18-16(20)9-21-15/h1-6,8,14,19H,7,9H2,(H,18,20). The van der Waals surface area contributed by atoms with E-state index in [2.05, 4.69) is 5.32 Å². The van der Waals surface area contributed by atoms with Gasteiger partial charge in [-0.3, -0.25) is 4.79 Å². The van der Waals surface area contributed by atoms with Gasteiger partial charge in [-0.25, -0.2) is 0 Å². The van der Waals surface area contributed by atoms with Gasteiger partial charge in [-0.15, -0.1) is 0 Å². The molecule has 0 spiro atoms. The fourth-order valence-electron chi connectivity index (χ4n) is 2.27. The number of hydrogen-bond acceptors (Lipinski definition) is 3. The Morgan fingerprint density at radius 1 is 1.24 bits per heavy atom. The van der Waals surface area contributed by atoms with Crippen LogP contribution in [0.1, 0.15) is 17.2 Å². The van der Waals surface area contributed by atoms with Gasteiger partial charge in [0, 0.05) is 11.4 Å². The van der Waals surface area contributed by atoms with Gasteiger partial charge in [-0.1, -0.05) is 29.8 Å². The Morgan fingerprint density at radius 2 is 2.00 bits per heavy atom. The lowest BCUT2D eigenvalue weighted by Gasteiger charge is -2.20. The molecule has 1 heterocycles. The second kappa shape index (κ2) is 5.76. The number of anilines is 1. The molecule has 0 saturated heterocycles. The van der Waals surface area contributed by atoms with E-state index >= 15 is 0 Å². The molecule has 1 unspecified atom stereocenters. The Hall–Kier alpha value is -2.04. The molecular weight excluding hydrogens is 290 g/mol. The zero-order valence-corrected chi connectivity index (χ0v) is 11.9. The van der Waals surface area contributed by atoms with Crippen LogP contribution in [0.4, 0.5) is 5.69 Å². The fraction of sp³-hybridized carbons (Fsp3) is 0.188. The summed E-state index contributed by atoms with van der Waals surface area (Å²) in [6.45, 7) is 0.0275. The first-order valence-electron chi connectivity index (χ1n) is 6.61. The second-order valence-corrected chi connectivity index (χ2v) is 5.38. The Kier molecular flexibility index (Phi) is 3.82. The lowest BCUT2D eigenvalue weighted by atomic mass is 10.0. The van der Waals surface area contributed by atoms with Crippen molar-refractivity contribution < 1.29 is 14.6 Å². The van der Waals surface area contributed by atoms with E-state index in [0.717, 1.165) is 11.1 Å². The van der Waals surface area contributed by atoms with Crippen molar-refractivity contribution in [2.45, 2.75) is 12.5 Å². The molecular formula is C16H14ClNO3. The summed E-state index contributed by atoms with van der Waals surface area (Å²) in [7, 11) is 0. The summed E-state index contributed by atoms with van der Waals surface area (Å²) in [5.41, 5.74) is 2.32. The monoisotopic (exact) mass is 303 g/mol. The smallest absolute Gasteiger partial charge is 0.262 e. The van der Waals surface area contributed by atoms with Crippen LogP contribution in [0.25, 0.3) is 0 Å². The van der Waals surface area contributed by atoms with Crippen LogP contribution in [0.3, 0.4) is 0 Å². The number of rotatable bonds is 3. The van der Waals surface area contributed by atoms with Crippen molar-refractivity contribution in [1.82, 2.24) is 0 Å². The van der Waals surface area contributed by atoms with E-state index in [1.165, 1.54) is 0 Å². The number of hydrogen-bond donors (Lipinski definition) is 2. The van der Waals surface area contributed by atoms with Crippen LogP contribution in [-0.4, -0.2) is 17.6 Å². The molecule has 0 radical (unpaired) electrons. The van der Waals surface area contributed by atoms with Gasteiger partial charge in [0.2, 0.25) is 0 Å². The maximum atomic E-state index is 11.3. The minimum absolute atomic E-state index is 0.0275. The van der Waals surface area contributed by atoms with Gasteiger partial charge in [0.15, 0.2) is 6.61 Å². The highest BCUT2D eigenvalue weighted by atomic mass is 35.5. The molecule has 21 heavy (non-hydrogen) atoms. The number of carbonyl (C=O) groups is 1. The van der Waals surface area contributed by atoms with Crippen molar-refractivity contribution in [1.29, 1.82) is 0 Å². The molecule has 1 amide bonds. The molecule has 4 nitrogen and oxygen atoms in total. The molecule has 2 N–H and O–H groups in total. The molecule has 0 fully saturated rings. The molecule has 3 rings (SSSR count). The lowest BCUT2D eigenvalue weighted by molar-refractivity contribution is -0.118. The van der Waals surface area contributed by atoms with Gasteiger partial charge in [-0.2, -0.15) is 0 Å². The molecule has 108 valence electrons. The Balaban J connectivity index is 1.78. The second-order valence-electron chi connectivity index (χ2n) is 4.94. The van der Waals surface area contributed by atoms with E-state index in [9.17, 15) is 9.90 Å². The van der Waals surface area contributed by atoms with Gasteiger partial charge < -0.3 is 15.2 Å². The number of nitrogens with one attached hydrogen (secondary N) is 1. The fourth-order valence-corrected chi connectivity index (χ4v) is 2.40. The summed E-state index contributed by atoms with van der Waals surface area (Å²) in [5, 5.41) is 13.7. The molecule has 2 aromatic rings. The number of halogens is 1. The van der Waals surface area contributed by atoms with Crippen molar-refractivity contribution >= 4 is 23.2 Å². The zero-order valence-electron chi connectivity index (χ0n) is 11.2. The number of aliphatic hydroxyl groups is 1. The van der Waals surface area contributed by atoms with Crippen LogP contribution < -0.4 is 10.1 Å². The molecule has 1 atom stereocenters. The van der Waals surface area contributed by atoms with Gasteiger partial charge in [0.1, 0.15) is 5.75 Å². The van der Waals surface area contributed by atoms with Crippen LogP contribution in [-0.2, 0) is 11.2 Å². The van der Waals surface area contributed by atoms with Crippen molar-refractivity contribution in [3.63, 3.8) is 0 Å². The Morgan fingerprint density at radius 3 is 2.76 bits per heavy atom. The van der Waals surface area contributed by atoms with E-state index in [0.29, 0.717) is 22.9 Å². The van der Waals surface area contributed by atoms with E-state index < -0.39 is 6.10 Å². The van der Waals surface area contributed by atoms with Crippen LogP contribution in [0.5, 0.6) is 5.75 Å². The first kappa shape index (κ1) is 13.9. The minimum Gasteiger partial charge on any atom is -0.482 e. The van der Waals surface area contributed by atoms with Gasteiger partial charge in [-0.05, 0) is 35.4 Å². The first-order valence-corrected chi connectivity index (χ1v) is 6.99. The third-order valence-electron chi connectivity index (χ3n) is 3.36. The number of fused-ring (bicyclic) bond motifs is 1. The van der Waals surface area contributed by atoms with Crippen LogP contribution in [0.2, 0.25) is 5.02 Å².